The lowest BCUT2D eigenvalue weighted by Gasteiger charge is -2.35. The van der Waals surface area contributed by atoms with Gasteiger partial charge in [0.15, 0.2) is 0 Å². The van der Waals surface area contributed by atoms with Gasteiger partial charge in [-0.05, 0) is 51.0 Å². The minimum Gasteiger partial charge on any atom is -0.466 e. The number of rotatable bonds is 6. The number of benzene rings is 1. The quantitative estimate of drug-likeness (QED) is 0.656. The number of amides is 2. The van der Waals surface area contributed by atoms with Gasteiger partial charge in [-0.2, -0.15) is 0 Å². The highest BCUT2D eigenvalue weighted by Gasteiger charge is 2.75. The molecule has 3 fully saturated rings. The number of likely N-dealkylation sites (tertiary alicyclic amines) is 1. The van der Waals surface area contributed by atoms with Gasteiger partial charge in [0.2, 0.25) is 11.8 Å². The summed E-state index contributed by atoms with van der Waals surface area (Å²) in [6.07, 6.45) is 0.604. The molecule has 3 heterocycles. The van der Waals surface area contributed by atoms with Crippen LogP contribution in [0.3, 0.4) is 0 Å². The SMILES string of the molecule is CCOC(=O)[C@@H]1[C@H]2C(=O)N([C@H](C)CO)[C@H](C(=O)Nc3ccc(Cl)cc3)[C@]23CC[C@H]1O3. The fourth-order valence-corrected chi connectivity index (χ4v) is 5.33. The van der Waals surface area contributed by atoms with Gasteiger partial charge in [-0.1, -0.05) is 11.6 Å². The predicted octanol–water partition coefficient (Wildman–Crippen LogP) is 1.60. The molecule has 3 saturated heterocycles. The van der Waals surface area contributed by atoms with E-state index in [1.807, 2.05) is 0 Å². The summed E-state index contributed by atoms with van der Waals surface area (Å²) in [5.41, 5.74) is -0.582. The zero-order chi connectivity index (χ0) is 21.6. The fourth-order valence-electron chi connectivity index (χ4n) is 5.20. The number of hydrogen-bond acceptors (Lipinski definition) is 6. The minimum atomic E-state index is -1.11. The Kier molecular flexibility index (Phi) is 5.50. The highest BCUT2D eigenvalue weighted by Crippen LogP contribution is 2.59. The highest BCUT2D eigenvalue weighted by molar-refractivity contribution is 6.30. The van der Waals surface area contributed by atoms with Crippen LogP contribution in [0.1, 0.15) is 26.7 Å². The maximum Gasteiger partial charge on any atom is 0.312 e. The Bertz CT molecular complexity index is 862. The molecule has 1 spiro atoms. The van der Waals surface area contributed by atoms with Gasteiger partial charge >= 0.3 is 5.97 Å². The third kappa shape index (κ3) is 3.09. The van der Waals surface area contributed by atoms with Crippen LogP contribution in [-0.4, -0.2) is 64.8 Å². The Morgan fingerprint density at radius 3 is 2.73 bits per heavy atom. The molecule has 3 aliphatic heterocycles. The summed E-state index contributed by atoms with van der Waals surface area (Å²) >= 11 is 5.92. The molecule has 9 heteroatoms. The van der Waals surface area contributed by atoms with Crippen molar-refractivity contribution in [2.75, 3.05) is 18.5 Å². The highest BCUT2D eigenvalue weighted by atomic mass is 35.5. The van der Waals surface area contributed by atoms with Gasteiger partial charge in [0, 0.05) is 10.7 Å². The first-order valence-electron chi connectivity index (χ1n) is 10.2. The first-order valence-corrected chi connectivity index (χ1v) is 10.6. The topological polar surface area (TPSA) is 105 Å². The molecule has 162 valence electrons. The second-order valence-electron chi connectivity index (χ2n) is 8.08. The number of aliphatic hydroxyl groups excluding tert-OH is 1. The normalized spacial score (nSPS) is 32.8. The number of aliphatic hydroxyl groups is 1. The molecule has 2 N–H and O–H groups in total. The maximum absolute atomic E-state index is 13.4. The average Bonchev–Trinajstić information content (AvgIpc) is 3.36. The van der Waals surface area contributed by atoms with Crippen molar-refractivity contribution in [1.82, 2.24) is 4.90 Å². The van der Waals surface area contributed by atoms with E-state index in [-0.39, 0.29) is 19.1 Å². The Labute approximate surface area is 179 Å². The summed E-state index contributed by atoms with van der Waals surface area (Å²) in [7, 11) is 0. The largest absolute Gasteiger partial charge is 0.466 e. The van der Waals surface area contributed by atoms with Crippen molar-refractivity contribution in [1.29, 1.82) is 0 Å². The van der Waals surface area contributed by atoms with Gasteiger partial charge in [0.25, 0.3) is 0 Å². The standard InChI is InChI=1S/C21H25ClN2O6/c1-3-29-20(28)15-14-8-9-21(30-14)16(15)19(27)24(11(2)10-25)17(21)18(26)23-13-6-4-12(22)5-7-13/h4-7,11,14-17,25H,3,8-10H2,1-2H3,(H,23,26)/t11-,14-,15+,16+,17-,21+/m1/s1. The number of fused-ring (bicyclic) bond motifs is 1. The third-order valence-electron chi connectivity index (χ3n) is 6.40. The van der Waals surface area contributed by atoms with Crippen LogP contribution in [0, 0.1) is 11.8 Å². The molecule has 2 bridgehead atoms. The van der Waals surface area contributed by atoms with Gasteiger partial charge < -0.3 is 24.8 Å². The molecule has 0 unspecified atom stereocenters. The molecular weight excluding hydrogens is 412 g/mol. The van der Waals surface area contributed by atoms with E-state index in [1.165, 1.54) is 4.90 Å². The summed E-state index contributed by atoms with van der Waals surface area (Å²) < 4.78 is 11.4. The Morgan fingerprint density at radius 1 is 1.40 bits per heavy atom. The van der Waals surface area contributed by atoms with Crippen molar-refractivity contribution in [2.24, 2.45) is 11.8 Å². The number of carbonyl (C=O) groups is 3. The summed E-state index contributed by atoms with van der Waals surface area (Å²) in [5.74, 6) is -2.79. The zero-order valence-corrected chi connectivity index (χ0v) is 17.6. The van der Waals surface area contributed by atoms with Crippen LogP contribution in [0.2, 0.25) is 5.02 Å². The Hall–Kier alpha value is -2.16. The monoisotopic (exact) mass is 436 g/mol. The number of halogens is 1. The van der Waals surface area contributed by atoms with E-state index in [0.717, 1.165) is 0 Å². The number of nitrogens with zero attached hydrogens (tertiary/aromatic N) is 1. The summed E-state index contributed by atoms with van der Waals surface area (Å²) in [4.78, 5) is 40.8. The van der Waals surface area contributed by atoms with E-state index >= 15 is 0 Å². The van der Waals surface area contributed by atoms with Gasteiger partial charge in [0.1, 0.15) is 11.6 Å². The molecule has 2 amide bonds. The Morgan fingerprint density at radius 2 is 2.10 bits per heavy atom. The van der Waals surface area contributed by atoms with Crippen molar-refractivity contribution < 1.29 is 29.0 Å². The van der Waals surface area contributed by atoms with Crippen molar-refractivity contribution in [3.8, 4) is 0 Å². The first kappa shape index (κ1) is 21.1. The van der Waals surface area contributed by atoms with Crippen LogP contribution >= 0.6 is 11.6 Å². The molecule has 4 rings (SSSR count). The van der Waals surface area contributed by atoms with E-state index in [0.29, 0.717) is 23.6 Å². The number of nitrogens with one attached hydrogen (secondary N) is 1. The van der Waals surface area contributed by atoms with Gasteiger partial charge in [-0.25, -0.2) is 0 Å². The minimum absolute atomic E-state index is 0.202. The van der Waals surface area contributed by atoms with Gasteiger partial charge in [-0.15, -0.1) is 0 Å². The van der Waals surface area contributed by atoms with Crippen molar-refractivity contribution in [3.05, 3.63) is 29.3 Å². The summed E-state index contributed by atoms with van der Waals surface area (Å²) in [6, 6.07) is 5.07. The summed E-state index contributed by atoms with van der Waals surface area (Å²) in [5, 5.41) is 13.1. The molecule has 0 saturated carbocycles. The van der Waals surface area contributed by atoms with Crippen molar-refractivity contribution in [3.63, 3.8) is 0 Å². The number of ether oxygens (including phenoxy) is 2. The van der Waals surface area contributed by atoms with E-state index in [9.17, 15) is 19.5 Å². The smallest absolute Gasteiger partial charge is 0.312 e. The second kappa shape index (κ2) is 7.83. The fraction of sp³-hybridized carbons (Fsp3) is 0.571. The van der Waals surface area contributed by atoms with E-state index in [2.05, 4.69) is 5.32 Å². The number of hydrogen-bond donors (Lipinski definition) is 2. The number of anilines is 1. The Balaban J connectivity index is 1.70. The molecule has 1 aromatic rings. The molecule has 0 radical (unpaired) electrons. The maximum atomic E-state index is 13.4. The number of carbonyl (C=O) groups excluding carboxylic acids is 3. The lowest BCUT2D eigenvalue weighted by atomic mass is 9.71. The number of esters is 1. The average molecular weight is 437 g/mol. The predicted molar refractivity (Wildman–Crippen MR) is 108 cm³/mol. The van der Waals surface area contributed by atoms with Gasteiger partial charge in [-0.3, -0.25) is 14.4 Å². The van der Waals surface area contributed by atoms with Crippen LogP contribution in [-0.2, 0) is 23.9 Å². The molecule has 0 aliphatic carbocycles. The summed E-state index contributed by atoms with van der Waals surface area (Å²) in [6.45, 7) is 3.27. The molecule has 8 nitrogen and oxygen atoms in total. The van der Waals surface area contributed by atoms with Crippen LogP contribution in [0.25, 0.3) is 0 Å². The first-order chi connectivity index (χ1) is 14.3. The molecular formula is C21H25ClN2O6. The second-order valence-corrected chi connectivity index (χ2v) is 8.52. The molecule has 0 aromatic heterocycles. The zero-order valence-electron chi connectivity index (χ0n) is 16.8. The van der Waals surface area contributed by atoms with Crippen molar-refractivity contribution in [2.45, 2.75) is 50.5 Å². The van der Waals surface area contributed by atoms with E-state index in [4.69, 9.17) is 21.1 Å². The van der Waals surface area contributed by atoms with E-state index in [1.54, 1.807) is 38.1 Å². The van der Waals surface area contributed by atoms with Crippen LogP contribution < -0.4 is 5.32 Å². The van der Waals surface area contributed by atoms with Crippen LogP contribution in [0.15, 0.2) is 24.3 Å². The molecule has 1 aromatic carbocycles. The lowest BCUT2D eigenvalue weighted by Crippen LogP contribution is -2.55. The van der Waals surface area contributed by atoms with Gasteiger partial charge in [0.05, 0.1) is 37.2 Å². The van der Waals surface area contributed by atoms with Crippen LogP contribution in [0.4, 0.5) is 5.69 Å². The molecule has 3 aliphatic rings. The lowest BCUT2D eigenvalue weighted by molar-refractivity contribution is -0.155. The van der Waals surface area contributed by atoms with Crippen LogP contribution in [0.5, 0.6) is 0 Å². The van der Waals surface area contributed by atoms with Crippen molar-refractivity contribution >= 4 is 35.1 Å². The molecule has 6 atom stereocenters. The van der Waals surface area contributed by atoms with E-state index < -0.39 is 47.5 Å². The third-order valence-corrected chi connectivity index (χ3v) is 6.65. The molecule has 30 heavy (non-hydrogen) atoms.